The van der Waals surface area contributed by atoms with Crippen LogP contribution in [0, 0.1) is 0 Å². The van der Waals surface area contributed by atoms with Crippen LogP contribution in [-0.2, 0) is 16.6 Å². The number of anilines is 4. The van der Waals surface area contributed by atoms with Gasteiger partial charge in [-0.1, -0.05) is 6.07 Å². The second kappa shape index (κ2) is 9.75. The quantitative estimate of drug-likeness (QED) is 0.394. The molecule has 10 nitrogen and oxygen atoms in total. The summed E-state index contributed by atoms with van der Waals surface area (Å²) in [6, 6.07) is 14.4. The number of sulfonamides is 1. The van der Waals surface area contributed by atoms with Gasteiger partial charge in [0.25, 0.3) is 0 Å². The van der Waals surface area contributed by atoms with Gasteiger partial charge in [0.1, 0.15) is 11.5 Å². The van der Waals surface area contributed by atoms with Crippen molar-refractivity contribution in [1.29, 1.82) is 0 Å². The van der Waals surface area contributed by atoms with Crippen LogP contribution in [0.3, 0.4) is 0 Å². The van der Waals surface area contributed by atoms with Gasteiger partial charge in [0, 0.05) is 73.6 Å². The lowest BCUT2D eigenvalue weighted by molar-refractivity contribution is 0.485. The molecule has 1 aliphatic heterocycles. The van der Waals surface area contributed by atoms with E-state index in [9.17, 15) is 8.42 Å². The number of aromatic nitrogens is 4. The molecular weight excluding hydrogens is 476 g/mol. The number of rotatable bonds is 7. The molecule has 0 amide bonds. The summed E-state index contributed by atoms with van der Waals surface area (Å²) in [5, 5.41) is 7.66. The van der Waals surface area contributed by atoms with Gasteiger partial charge in [0.05, 0.1) is 12.8 Å². The second-order valence-electron chi connectivity index (χ2n) is 9.11. The summed E-state index contributed by atoms with van der Waals surface area (Å²) in [7, 11) is -1.93. The molecule has 1 saturated heterocycles. The number of piperazine rings is 1. The summed E-state index contributed by atoms with van der Waals surface area (Å²) in [5.41, 5.74) is 3.62. The fourth-order valence-electron chi connectivity index (χ4n) is 4.39. The first-order chi connectivity index (χ1) is 17.3. The van der Waals surface area contributed by atoms with Crippen LogP contribution in [0.25, 0.3) is 11.0 Å². The van der Waals surface area contributed by atoms with E-state index in [1.54, 1.807) is 18.5 Å². The lowest BCUT2D eigenvalue weighted by atomic mass is 10.2. The Hall–Kier alpha value is -3.70. The molecule has 0 radical (unpaired) electrons. The smallest absolute Gasteiger partial charge is 0.233 e. The number of hydrogen-bond donors (Lipinski definition) is 2. The van der Waals surface area contributed by atoms with E-state index in [0.29, 0.717) is 24.4 Å². The third-order valence-corrected chi connectivity index (χ3v) is 7.53. The molecule has 2 N–H and O–H groups in total. The van der Waals surface area contributed by atoms with Gasteiger partial charge in [-0.15, -0.1) is 0 Å². The molecule has 1 fully saturated rings. The Bertz CT molecular complexity index is 1470. The normalized spacial score (nSPS) is 16.3. The summed E-state index contributed by atoms with van der Waals surface area (Å²) >= 11 is 0. The van der Waals surface area contributed by atoms with Gasteiger partial charge in [-0.05, 0) is 43.3 Å². The van der Waals surface area contributed by atoms with Crippen LogP contribution in [-0.4, -0.2) is 66.9 Å². The van der Waals surface area contributed by atoms with Crippen LogP contribution in [0.15, 0.2) is 61.1 Å². The molecular formula is C25H30N8O2S. The average molecular weight is 507 g/mol. The Morgan fingerprint density at radius 2 is 1.97 bits per heavy atom. The van der Waals surface area contributed by atoms with Gasteiger partial charge < -0.3 is 20.1 Å². The van der Waals surface area contributed by atoms with Crippen LogP contribution in [0.4, 0.5) is 23.1 Å². The Morgan fingerprint density at radius 3 is 2.72 bits per heavy atom. The lowest BCUT2D eigenvalue weighted by Gasteiger charge is -2.33. The summed E-state index contributed by atoms with van der Waals surface area (Å²) < 4.78 is 27.3. The molecule has 0 aliphatic carbocycles. The predicted molar refractivity (Wildman–Crippen MR) is 144 cm³/mol. The Kier molecular flexibility index (Phi) is 6.50. The molecule has 0 bridgehead atoms. The highest BCUT2D eigenvalue weighted by atomic mass is 32.2. The van der Waals surface area contributed by atoms with Crippen LogP contribution >= 0.6 is 0 Å². The molecule has 1 atom stereocenters. The van der Waals surface area contributed by atoms with E-state index in [1.807, 2.05) is 35.0 Å². The number of hydrogen-bond acceptors (Lipinski definition) is 8. The first-order valence-electron chi connectivity index (χ1n) is 11.8. The first-order valence-corrected chi connectivity index (χ1v) is 13.7. The molecule has 0 saturated carbocycles. The van der Waals surface area contributed by atoms with Crippen molar-refractivity contribution in [2.24, 2.45) is 0 Å². The van der Waals surface area contributed by atoms with Gasteiger partial charge in [-0.3, -0.25) is 4.31 Å². The number of pyridine rings is 1. The fourth-order valence-corrected chi connectivity index (χ4v) is 4.87. The third-order valence-electron chi connectivity index (χ3n) is 6.36. The largest absolute Gasteiger partial charge is 0.369 e. The second-order valence-corrected chi connectivity index (χ2v) is 11.1. The van der Waals surface area contributed by atoms with E-state index in [2.05, 4.69) is 44.6 Å². The zero-order valence-corrected chi connectivity index (χ0v) is 21.4. The molecule has 11 heteroatoms. The predicted octanol–water partition coefficient (Wildman–Crippen LogP) is 2.81. The maximum atomic E-state index is 12.1. The topological polar surface area (TPSA) is 108 Å². The maximum absolute atomic E-state index is 12.1. The standard InChI is InChI=1S/C25H30N8O2S/c1-18-16-32(14-12-26-18)22-8-6-21(7-9-22)29-25-28-15-19-10-13-33(24(19)30-25)17-20-5-4-11-27-23(20)31(2)36(3,34)35/h4-11,13,15,18,26H,12,14,16-17H2,1-3H3,(H,28,29,30). The molecule has 1 aromatic carbocycles. The van der Waals surface area contributed by atoms with Crippen molar-refractivity contribution < 1.29 is 8.42 Å². The molecule has 3 aromatic heterocycles. The number of benzene rings is 1. The summed E-state index contributed by atoms with van der Waals surface area (Å²) in [5.74, 6) is 0.888. The highest BCUT2D eigenvalue weighted by Crippen LogP contribution is 2.24. The maximum Gasteiger partial charge on any atom is 0.233 e. The SMILES string of the molecule is CC1CN(c2ccc(Nc3ncc4ccn(Cc5cccnc5N(C)S(C)(=O)=O)c4n3)cc2)CCN1. The minimum atomic E-state index is -3.43. The van der Waals surface area contributed by atoms with E-state index in [1.165, 1.54) is 23.3 Å². The van der Waals surface area contributed by atoms with Crippen molar-refractivity contribution in [2.75, 3.05) is 47.5 Å². The third kappa shape index (κ3) is 5.12. The average Bonchev–Trinajstić information content (AvgIpc) is 3.26. The molecule has 5 rings (SSSR count). The molecule has 1 unspecified atom stereocenters. The van der Waals surface area contributed by atoms with Crippen LogP contribution in [0.2, 0.25) is 0 Å². The molecule has 188 valence electrons. The highest BCUT2D eigenvalue weighted by molar-refractivity contribution is 7.92. The lowest BCUT2D eigenvalue weighted by Crippen LogP contribution is -2.49. The molecule has 0 spiro atoms. The Balaban J connectivity index is 1.36. The number of nitrogens with one attached hydrogen (secondary N) is 2. The molecule has 4 aromatic rings. The van der Waals surface area contributed by atoms with Gasteiger partial charge in [0.2, 0.25) is 16.0 Å². The monoisotopic (exact) mass is 506 g/mol. The van der Waals surface area contributed by atoms with Crippen molar-refractivity contribution >= 4 is 44.2 Å². The Morgan fingerprint density at radius 1 is 1.17 bits per heavy atom. The van der Waals surface area contributed by atoms with Crippen LogP contribution in [0.5, 0.6) is 0 Å². The zero-order valence-electron chi connectivity index (χ0n) is 20.6. The number of nitrogens with zero attached hydrogens (tertiary/aromatic N) is 6. The van der Waals surface area contributed by atoms with Crippen molar-refractivity contribution in [3.63, 3.8) is 0 Å². The van der Waals surface area contributed by atoms with Crippen molar-refractivity contribution in [2.45, 2.75) is 19.5 Å². The van der Waals surface area contributed by atoms with Crippen LogP contribution in [0.1, 0.15) is 12.5 Å². The van der Waals surface area contributed by atoms with Crippen molar-refractivity contribution in [3.8, 4) is 0 Å². The summed E-state index contributed by atoms with van der Waals surface area (Å²) in [6.45, 7) is 5.58. The minimum absolute atomic E-state index is 0.397. The summed E-state index contributed by atoms with van der Waals surface area (Å²) in [4.78, 5) is 15.9. The molecule has 36 heavy (non-hydrogen) atoms. The van der Waals surface area contributed by atoms with E-state index >= 15 is 0 Å². The number of fused-ring (bicyclic) bond motifs is 1. The van der Waals surface area contributed by atoms with Gasteiger partial charge >= 0.3 is 0 Å². The fraction of sp³-hybridized carbons (Fsp3) is 0.320. The molecule has 1 aliphatic rings. The van der Waals surface area contributed by atoms with Gasteiger partial charge in [-0.2, -0.15) is 4.98 Å². The Labute approximate surface area is 211 Å². The highest BCUT2D eigenvalue weighted by Gasteiger charge is 2.18. The van der Waals surface area contributed by atoms with E-state index < -0.39 is 10.0 Å². The minimum Gasteiger partial charge on any atom is -0.369 e. The van der Waals surface area contributed by atoms with E-state index in [0.717, 1.165) is 41.9 Å². The van der Waals surface area contributed by atoms with Crippen molar-refractivity contribution in [3.05, 3.63) is 66.6 Å². The van der Waals surface area contributed by atoms with Crippen LogP contribution < -0.4 is 19.8 Å². The summed E-state index contributed by atoms with van der Waals surface area (Å²) in [6.07, 6.45) is 6.46. The van der Waals surface area contributed by atoms with Crippen molar-refractivity contribution in [1.82, 2.24) is 24.8 Å². The van der Waals surface area contributed by atoms with E-state index in [4.69, 9.17) is 4.98 Å². The first kappa shape index (κ1) is 24.0. The zero-order chi connectivity index (χ0) is 25.3. The van der Waals surface area contributed by atoms with Gasteiger partial charge in [0.15, 0.2) is 0 Å². The molecule has 4 heterocycles. The van der Waals surface area contributed by atoms with E-state index in [-0.39, 0.29) is 0 Å². The van der Waals surface area contributed by atoms with Gasteiger partial charge in [-0.25, -0.2) is 18.4 Å².